The van der Waals surface area contributed by atoms with Crippen molar-refractivity contribution in [1.82, 2.24) is 0 Å². The molecule has 106 valence electrons. The number of thiophene rings is 1. The van der Waals surface area contributed by atoms with E-state index in [1.54, 1.807) is 19.1 Å². The van der Waals surface area contributed by atoms with E-state index in [1.807, 2.05) is 0 Å². The Labute approximate surface area is 123 Å². The van der Waals surface area contributed by atoms with Crippen LogP contribution in [-0.4, -0.2) is 5.78 Å². The van der Waals surface area contributed by atoms with Gasteiger partial charge in [-0.1, -0.05) is 24.6 Å². The largest absolute Gasteiger partial charge is 0.416 e. The second-order valence-corrected chi connectivity index (χ2v) is 5.62. The van der Waals surface area contributed by atoms with E-state index in [0.29, 0.717) is 21.7 Å². The van der Waals surface area contributed by atoms with Gasteiger partial charge in [-0.15, -0.1) is 11.3 Å². The van der Waals surface area contributed by atoms with Crippen LogP contribution in [0.4, 0.5) is 13.2 Å². The lowest BCUT2D eigenvalue weighted by Crippen LogP contribution is -2.04. The maximum Gasteiger partial charge on any atom is 0.416 e. The Kier molecular flexibility index (Phi) is 4.20. The van der Waals surface area contributed by atoms with Crippen molar-refractivity contribution in [3.8, 4) is 10.4 Å². The maximum atomic E-state index is 12.6. The SMILES string of the molecule is CCC(=O)c1ccc(-c2ccc(C(F)(F)F)cc2Cl)s1. The molecule has 0 bridgehead atoms. The predicted molar refractivity (Wildman–Crippen MR) is 74.4 cm³/mol. The van der Waals surface area contributed by atoms with Gasteiger partial charge in [-0.25, -0.2) is 0 Å². The van der Waals surface area contributed by atoms with E-state index < -0.39 is 11.7 Å². The monoisotopic (exact) mass is 318 g/mol. The van der Waals surface area contributed by atoms with Gasteiger partial charge in [-0.05, 0) is 24.3 Å². The Morgan fingerprint density at radius 1 is 1.25 bits per heavy atom. The first-order valence-electron chi connectivity index (χ1n) is 5.83. The fourth-order valence-electron chi connectivity index (χ4n) is 1.70. The number of carbonyl (C=O) groups is 1. The van der Waals surface area contributed by atoms with Gasteiger partial charge in [0.25, 0.3) is 0 Å². The molecule has 1 aromatic carbocycles. The minimum absolute atomic E-state index is 0.00397. The maximum absolute atomic E-state index is 12.6. The van der Waals surface area contributed by atoms with Gasteiger partial charge < -0.3 is 0 Å². The zero-order valence-electron chi connectivity index (χ0n) is 10.4. The van der Waals surface area contributed by atoms with Crippen molar-refractivity contribution in [3.05, 3.63) is 45.8 Å². The summed E-state index contributed by atoms with van der Waals surface area (Å²) in [6.45, 7) is 1.76. The second-order valence-electron chi connectivity index (χ2n) is 4.13. The topological polar surface area (TPSA) is 17.1 Å². The summed E-state index contributed by atoms with van der Waals surface area (Å²) in [5.41, 5.74) is -0.285. The normalized spacial score (nSPS) is 11.7. The van der Waals surface area contributed by atoms with Crippen LogP contribution in [0.5, 0.6) is 0 Å². The van der Waals surface area contributed by atoms with Crippen LogP contribution in [0.15, 0.2) is 30.3 Å². The van der Waals surface area contributed by atoms with Crippen LogP contribution >= 0.6 is 22.9 Å². The predicted octanol–water partition coefficient (Wildman–Crippen LogP) is 5.68. The summed E-state index contributed by atoms with van der Waals surface area (Å²) in [6, 6.07) is 6.58. The van der Waals surface area contributed by atoms with E-state index in [1.165, 1.54) is 17.4 Å². The summed E-state index contributed by atoms with van der Waals surface area (Å²) in [6.07, 6.45) is -4.03. The van der Waals surface area contributed by atoms with Crippen LogP contribution in [0, 0.1) is 0 Å². The Morgan fingerprint density at radius 3 is 2.50 bits per heavy atom. The van der Waals surface area contributed by atoms with Gasteiger partial charge in [0.15, 0.2) is 5.78 Å². The van der Waals surface area contributed by atoms with Crippen molar-refractivity contribution in [2.24, 2.45) is 0 Å². The fraction of sp³-hybridized carbons (Fsp3) is 0.214. The molecule has 1 nitrogen and oxygen atoms in total. The molecule has 0 atom stereocenters. The number of halogens is 4. The molecular weight excluding hydrogens is 309 g/mol. The molecule has 2 rings (SSSR count). The Hall–Kier alpha value is -1.33. The molecule has 0 aliphatic rings. The van der Waals surface area contributed by atoms with Crippen LogP contribution in [0.25, 0.3) is 10.4 Å². The molecule has 20 heavy (non-hydrogen) atoms. The third-order valence-corrected chi connectivity index (χ3v) is 4.24. The lowest BCUT2D eigenvalue weighted by Gasteiger charge is -2.08. The number of alkyl halides is 3. The summed E-state index contributed by atoms with van der Waals surface area (Å²) in [4.78, 5) is 12.8. The van der Waals surface area contributed by atoms with Gasteiger partial charge in [0.2, 0.25) is 0 Å². The number of Topliss-reactive ketones (excluding diaryl/α,β-unsaturated/α-hetero) is 1. The van der Waals surface area contributed by atoms with E-state index in [0.717, 1.165) is 12.1 Å². The van der Waals surface area contributed by atoms with Crippen LogP contribution < -0.4 is 0 Å². The lowest BCUT2D eigenvalue weighted by atomic mass is 10.1. The molecule has 1 aromatic heterocycles. The number of carbonyl (C=O) groups excluding carboxylic acids is 1. The molecule has 0 amide bonds. The molecule has 0 saturated carbocycles. The summed E-state index contributed by atoms with van der Waals surface area (Å²) in [5, 5.41) is 0.0252. The van der Waals surface area contributed by atoms with Gasteiger partial charge >= 0.3 is 6.18 Å². The van der Waals surface area contributed by atoms with E-state index in [4.69, 9.17) is 11.6 Å². The molecule has 0 radical (unpaired) electrons. The number of hydrogen-bond acceptors (Lipinski definition) is 2. The number of ketones is 1. The van der Waals surface area contributed by atoms with Crippen molar-refractivity contribution in [2.45, 2.75) is 19.5 Å². The summed E-state index contributed by atoms with van der Waals surface area (Å²) in [7, 11) is 0. The highest BCUT2D eigenvalue weighted by Crippen LogP contribution is 2.38. The lowest BCUT2D eigenvalue weighted by molar-refractivity contribution is -0.137. The Morgan fingerprint density at radius 2 is 1.95 bits per heavy atom. The van der Waals surface area contributed by atoms with Crippen LogP contribution in [-0.2, 0) is 6.18 Å². The highest BCUT2D eigenvalue weighted by Gasteiger charge is 2.31. The molecular formula is C14H10ClF3OS. The van der Waals surface area contributed by atoms with Gasteiger partial charge in [-0.2, -0.15) is 13.2 Å². The summed E-state index contributed by atoms with van der Waals surface area (Å²) >= 11 is 7.15. The van der Waals surface area contributed by atoms with Gasteiger partial charge in [0.05, 0.1) is 10.4 Å². The van der Waals surface area contributed by atoms with E-state index >= 15 is 0 Å². The zero-order chi connectivity index (χ0) is 14.9. The van der Waals surface area contributed by atoms with Crippen molar-refractivity contribution < 1.29 is 18.0 Å². The molecule has 0 aliphatic carbocycles. The van der Waals surface area contributed by atoms with Crippen molar-refractivity contribution in [2.75, 3.05) is 0 Å². The van der Waals surface area contributed by atoms with Crippen LogP contribution in [0.3, 0.4) is 0 Å². The van der Waals surface area contributed by atoms with Gasteiger partial charge in [0.1, 0.15) is 0 Å². The zero-order valence-corrected chi connectivity index (χ0v) is 12.0. The molecule has 0 N–H and O–H groups in total. The number of benzene rings is 1. The molecule has 6 heteroatoms. The standard InChI is InChI=1S/C14H10ClF3OS/c1-2-11(19)13-6-5-12(20-13)9-4-3-8(7-10(9)15)14(16,17)18/h3-7H,2H2,1H3. The molecule has 0 fully saturated rings. The fourth-order valence-corrected chi connectivity index (χ4v) is 3.09. The second kappa shape index (κ2) is 5.58. The minimum atomic E-state index is -4.42. The number of rotatable bonds is 3. The quantitative estimate of drug-likeness (QED) is 0.665. The summed E-state index contributed by atoms with van der Waals surface area (Å²) < 4.78 is 37.7. The smallest absolute Gasteiger partial charge is 0.293 e. The van der Waals surface area contributed by atoms with E-state index in [2.05, 4.69) is 0 Å². The molecule has 0 aliphatic heterocycles. The molecule has 0 spiro atoms. The molecule has 0 saturated heterocycles. The first-order valence-corrected chi connectivity index (χ1v) is 7.02. The van der Waals surface area contributed by atoms with E-state index in [9.17, 15) is 18.0 Å². The first kappa shape index (κ1) is 15.1. The molecule has 0 unspecified atom stereocenters. The number of hydrogen-bond donors (Lipinski definition) is 0. The third kappa shape index (κ3) is 3.04. The van der Waals surface area contributed by atoms with Gasteiger partial charge in [0, 0.05) is 21.9 Å². The van der Waals surface area contributed by atoms with Crippen LogP contribution in [0.2, 0.25) is 5.02 Å². The first-order chi connectivity index (χ1) is 9.32. The highest BCUT2D eigenvalue weighted by atomic mass is 35.5. The third-order valence-electron chi connectivity index (χ3n) is 2.76. The molecule has 2 aromatic rings. The highest BCUT2D eigenvalue weighted by molar-refractivity contribution is 7.17. The van der Waals surface area contributed by atoms with Gasteiger partial charge in [-0.3, -0.25) is 4.79 Å². The minimum Gasteiger partial charge on any atom is -0.293 e. The van der Waals surface area contributed by atoms with Crippen molar-refractivity contribution in [1.29, 1.82) is 0 Å². The Bertz CT molecular complexity index is 646. The summed E-state index contributed by atoms with van der Waals surface area (Å²) in [5.74, 6) is 0.00397. The van der Waals surface area contributed by atoms with Crippen molar-refractivity contribution >= 4 is 28.7 Å². The van der Waals surface area contributed by atoms with Crippen molar-refractivity contribution in [3.63, 3.8) is 0 Å². The van der Waals surface area contributed by atoms with E-state index in [-0.39, 0.29) is 10.8 Å². The Balaban J connectivity index is 2.39. The van der Waals surface area contributed by atoms with Crippen LogP contribution in [0.1, 0.15) is 28.6 Å². The average molecular weight is 319 g/mol. The molecule has 1 heterocycles. The average Bonchev–Trinajstić information content (AvgIpc) is 2.86.